The summed E-state index contributed by atoms with van der Waals surface area (Å²) < 4.78 is 0. The van der Waals surface area contributed by atoms with Gasteiger partial charge in [0.2, 0.25) is 0 Å². The Morgan fingerprint density at radius 1 is 0.381 bits per heavy atom. The van der Waals surface area contributed by atoms with Gasteiger partial charge in [-0.25, -0.2) is 0 Å². The molecule has 3 aliphatic rings. The summed E-state index contributed by atoms with van der Waals surface area (Å²) in [6.45, 7) is 2.51. The highest BCUT2D eigenvalue weighted by molar-refractivity contribution is 6.04. The number of benzene rings is 9. The average Bonchev–Trinajstić information content (AvgIpc) is 3.33. The number of hydrogen-bond donors (Lipinski definition) is 0. The van der Waals surface area contributed by atoms with Crippen LogP contribution in [0.15, 0.2) is 218 Å². The highest BCUT2D eigenvalue weighted by Gasteiger charge is 2.65. The van der Waals surface area contributed by atoms with Crippen LogP contribution in [0.5, 0.6) is 0 Å². The predicted molar refractivity (Wildman–Crippen MR) is 266 cm³/mol. The smallest absolute Gasteiger partial charge is 0.0540 e. The van der Waals surface area contributed by atoms with Crippen molar-refractivity contribution in [1.82, 2.24) is 0 Å². The van der Waals surface area contributed by atoms with Crippen LogP contribution in [0.1, 0.15) is 38.2 Å². The van der Waals surface area contributed by atoms with E-state index in [9.17, 15) is 0 Å². The van der Waals surface area contributed by atoms with E-state index >= 15 is 0 Å². The number of nitrogens with zero attached hydrogens (tertiary/aromatic N) is 1. The third kappa shape index (κ3) is 6.53. The van der Waals surface area contributed by atoms with Crippen molar-refractivity contribution in [3.8, 4) is 55.6 Å². The maximum atomic E-state index is 2.51. The highest BCUT2D eigenvalue weighted by Crippen LogP contribution is 2.72. The number of para-hydroxylation sites is 1. The van der Waals surface area contributed by atoms with Crippen LogP contribution in [-0.2, 0) is 5.41 Å². The van der Waals surface area contributed by atoms with Crippen molar-refractivity contribution in [1.29, 1.82) is 0 Å². The first-order valence-corrected chi connectivity index (χ1v) is 23.0. The molecule has 0 N–H and O–H groups in total. The van der Waals surface area contributed by atoms with Gasteiger partial charge in [-0.15, -0.1) is 0 Å². The summed E-state index contributed by atoms with van der Waals surface area (Å²) in [6.07, 6.45) is 5.52. The van der Waals surface area contributed by atoms with E-state index in [0.29, 0.717) is 5.41 Å². The predicted octanol–water partition coefficient (Wildman–Crippen LogP) is 17.0. The average molecular weight is 810 g/mol. The van der Waals surface area contributed by atoms with Crippen molar-refractivity contribution in [2.24, 2.45) is 23.7 Å². The molecular weight excluding hydrogens is 759 g/mol. The van der Waals surface area contributed by atoms with Crippen LogP contribution in [0.25, 0.3) is 66.4 Å². The molecule has 5 unspecified atom stereocenters. The molecule has 0 radical (unpaired) electrons. The fraction of sp³-hybridized carbons (Fsp3) is 0.161. The summed E-state index contributed by atoms with van der Waals surface area (Å²) in [7, 11) is 0. The Balaban J connectivity index is 0.960. The Morgan fingerprint density at radius 2 is 0.825 bits per heavy atom. The highest BCUT2D eigenvalue weighted by atomic mass is 15.1. The van der Waals surface area contributed by atoms with Crippen LogP contribution in [0, 0.1) is 23.7 Å². The maximum Gasteiger partial charge on any atom is 0.0540 e. The molecule has 3 fully saturated rings. The lowest BCUT2D eigenvalue weighted by Crippen LogP contribution is -2.65. The van der Waals surface area contributed by atoms with Crippen LogP contribution in [0.4, 0.5) is 17.1 Å². The standard InChI is InChI=1S/C62H51N/c1-42-38-52-39-53-41-62(40-42,61(52)53)58-20-11-17-51-16-10-19-57(60(51)58)56-18-8-9-21-59(56)63(54-34-30-49(31-35-54)47-26-22-45(23-27-47)43-12-4-2-5-13-43)55-36-32-50(33-37-55)48-28-24-46(25-29-48)44-14-6-3-7-15-44/h2-37,42,52-53,61H,38-41H2,1H3. The van der Waals surface area contributed by atoms with Crippen LogP contribution < -0.4 is 4.90 Å². The molecular formula is C62H51N. The minimum atomic E-state index is 0.291. The molecule has 9 aromatic rings. The molecule has 9 aromatic carbocycles. The number of hydrogen-bond acceptors (Lipinski definition) is 1. The van der Waals surface area contributed by atoms with E-state index in [1.807, 2.05) is 0 Å². The van der Waals surface area contributed by atoms with Gasteiger partial charge >= 0.3 is 0 Å². The fourth-order valence-corrected chi connectivity index (χ4v) is 12.4. The first-order valence-electron chi connectivity index (χ1n) is 23.0. The molecule has 0 aliphatic heterocycles. The summed E-state index contributed by atoms with van der Waals surface area (Å²) in [4.78, 5) is 2.48. The van der Waals surface area contributed by atoms with Gasteiger partial charge in [-0.05, 0) is 152 Å². The normalized spacial score (nSPS) is 20.9. The van der Waals surface area contributed by atoms with Crippen molar-refractivity contribution in [3.05, 3.63) is 224 Å². The largest absolute Gasteiger partial charge is 0.310 e. The fourth-order valence-electron chi connectivity index (χ4n) is 12.4. The quantitative estimate of drug-likeness (QED) is 0.140. The molecule has 304 valence electrons. The van der Waals surface area contributed by atoms with Gasteiger partial charge in [-0.1, -0.05) is 195 Å². The first-order chi connectivity index (χ1) is 31.1. The molecule has 1 nitrogen and oxygen atoms in total. The third-order valence-electron chi connectivity index (χ3n) is 15.1. The Hall–Kier alpha value is -6.96. The zero-order valence-corrected chi connectivity index (χ0v) is 35.9. The van der Waals surface area contributed by atoms with E-state index < -0.39 is 0 Å². The lowest BCUT2D eigenvalue weighted by atomic mass is 9.34. The van der Waals surface area contributed by atoms with Crippen molar-refractivity contribution >= 4 is 27.8 Å². The van der Waals surface area contributed by atoms with Gasteiger partial charge in [0.25, 0.3) is 0 Å². The van der Waals surface area contributed by atoms with Crippen molar-refractivity contribution in [2.45, 2.75) is 38.0 Å². The molecule has 0 bridgehead atoms. The molecule has 3 saturated carbocycles. The Kier molecular flexibility index (Phi) is 9.26. The summed E-state index contributed by atoms with van der Waals surface area (Å²) >= 11 is 0. The van der Waals surface area contributed by atoms with Gasteiger partial charge in [0, 0.05) is 16.9 Å². The van der Waals surface area contributed by atoms with Gasteiger partial charge in [0.15, 0.2) is 0 Å². The second-order valence-corrected chi connectivity index (χ2v) is 18.7. The zero-order chi connectivity index (χ0) is 41.9. The van der Waals surface area contributed by atoms with Crippen LogP contribution >= 0.6 is 0 Å². The van der Waals surface area contributed by atoms with Crippen molar-refractivity contribution < 1.29 is 0 Å². The summed E-state index contributed by atoms with van der Waals surface area (Å²) in [5, 5.41) is 2.80. The number of anilines is 3. The molecule has 5 atom stereocenters. The van der Waals surface area contributed by atoms with E-state index in [4.69, 9.17) is 0 Å². The summed E-state index contributed by atoms with van der Waals surface area (Å²) in [5.74, 6) is 3.43. The Labute approximate surface area is 372 Å². The summed E-state index contributed by atoms with van der Waals surface area (Å²) in [6, 6.07) is 80.8. The minimum absolute atomic E-state index is 0.291. The van der Waals surface area contributed by atoms with Crippen LogP contribution in [-0.4, -0.2) is 0 Å². The second-order valence-electron chi connectivity index (χ2n) is 18.7. The Morgan fingerprint density at radius 3 is 1.35 bits per heavy atom. The van der Waals surface area contributed by atoms with Crippen LogP contribution in [0.3, 0.4) is 0 Å². The summed E-state index contributed by atoms with van der Waals surface area (Å²) in [5.41, 5.74) is 17.7. The van der Waals surface area contributed by atoms with Gasteiger partial charge < -0.3 is 4.90 Å². The molecule has 0 heterocycles. The van der Waals surface area contributed by atoms with E-state index in [1.165, 1.54) is 97.8 Å². The second kappa shape index (κ2) is 15.4. The zero-order valence-electron chi connectivity index (χ0n) is 35.9. The third-order valence-corrected chi connectivity index (χ3v) is 15.1. The van der Waals surface area contributed by atoms with E-state index in [0.717, 1.165) is 35.0 Å². The molecule has 0 aromatic heterocycles. The monoisotopic (exact) mass is 809 g/mol. The van der Waals surface area contributed by atoms with Gasteiger partial charge in [0.05, 0.1) is 5.69 Å². The van der Waals surface area contributed by atoms with Crippen LogP contribution in [0.2, 0.25) is 0 Å². The van der Waals surface area contributed by atoms with Gasteiger partial charge in [-0.3, -0.25) is 0 Å². The molecule has 0 saturated heterocycles. The SMILES string of the molecule is CC1CC2CC3CC(c4cccc5cccc(-c6ccccc6N(c6ccc(-c7ccc(-c8ccccc8)cc7)cc6)c6ccc(-c7ccc(-c8ccccc8)cc7)cc6)c45)(C1)C23. The molecule has 12 rings (SSSR count). The minimum Gasteiger partial charge on any atom is -0.310 e. The molecule has 0 spiro atoms. The topological polar surface area (TPSA) is 3.24 Å². The van der Waals surface area contributed by atoms with Crippen molar-refractivity contribution in [3.63, 3.8) is 0 Å². The number of rotatable bonds is 9. The number of fused-ring (bicyclic) bond motifs is 1. The molecule has 63 heavy (non-hydrogen) atoms. The molecule has 0 amide bonds. The molecule has 3 aliphatic carbocycles. The van der Waals surface area contributed by atoms with Gasteiger partial charge in [-0.2, -0.15) is 0 Å². The maximum absolute atomic E-state index is 2.51. The van der Waals surface area contributed by atoms with Gasteiger partial charge in [0.1, 0.15) is 0 Å². The van der Waals surface area contributed by atoms with E-state index in [1.54, 1.807) is 5.56 Å². The lowest BCUT2D eigenvalue weighted by molar-refractivity contribution is -0.158. The first kappa shape index (κ1) is 37.8. The lowest BCUT2D eigenvalue weighted by Gasteiger charge is -2.70. The van der Waals surface area contributed by atoms with Crippen molar-refractivity contribution in [2.75, 3.05) is 4.90 Å². The Bertz CT molecular complexity index is 2930. The van der Waals surface area contributed by atoms with E-state index in [2.05, 4.69) is 230 Å². The van der Waals surface area contributed by atoms with E-state index in [-0.39, 0.29) is 0 Å². The molecule has 1 heteroatoms.